The Balaban J connectivity index is 1.81. The molecule has 1 nitrogen and oxygen atoms in total. The molecule has 0 spiro atoms. The topological polar surface area (TPSA) is 12.0 Å². The van der Waals surface area contributed by atoms with Gasteiger partial charge in [-0.3, -0.25) is 0 Å². The van der Waals surface area contributed by atoms with E-state index in [-0.39, 0.29) is 0 Å². The molecule has 1 saturated carbocycles. The maximum absolute atomic E-state index is 5.98. The van der Waals surface area contributed by atoms with Crippen LogP contribution in [0.4, 0.5) is 0 Å². The van der Waals surface area contributed by atoms with E-state index in [1.54, 1.807) is 0 Å². The molecular weight excluding hydrogens is 242 g/mol. The highest BCUT2D eigenvalue weighted by atomic mass is 35.5. The molecule has 1 fully saturated rings. The molecule has 0 heterocycles. The van der Waals surface area contributed by atoms with Crippen LogP contribution in [0.1, 0.15) is 50.2 Å². The second kappa shape index (κ2) is 6.58. The SMILES string of the molecule is CCC1CCC(NCc2ccc(Cl)cc2C)CC1. The van der Waals surface area contributed by atoms with E-state index < -0.39 is 0 Å². The Morgan fingerprint density at radius 1 is 1.22 bits per heavy atom. The molecule has 0 aliphatic heterocycles. The van der Waals surface area contributed by atoms with Crippen molar-refractivity contribution < 1.29 is 0 Å². The number of rotatable bonds is 4. The van der Waals surface area contributed by atoms with Crippen molar-refractivity contribution in [3.8, 4) is 0 Å². The summed E-state index contributed by atoms with van der Waals surface area (Å²) in [4.78, 5) is 0. The Bertz CT molecular complexity index is 381. The van der Waals surface area contributed by atoms with Gasteiger partial charge in [-0.25, -0.2) is 0 Å². The zero-order valence-corrected chi connectivity index (χ0v) is 12.3. The van der Waals surface area contributed by atoms with Gasteiger partial charge in [0.2, 0.25) is 0 Å². The minimum Gasteiger partial charge on any atom is -0.310 e. The molecule has 0 atom stereocenters. The van der Waals surface area contributed by atoms with Crippen LogP contribution in [0.25, 0.3) is 0 Å². The van der Waals surface area contributed by atoms with Crippen LogP contribution < -0.4 is 5.32 Å². The summed E-state index contributed by atoms with van der Waals surface area (Å²) in [6, 6.07) is 6.89. The zero-order chi connectivity index (χ0) is 13.0. The van der Waals surface area contributed by atoms with Gasteiger partial charge in [0.15, 0.2) is 0 Å². The normalized spacial score (nSPS) is 24.2. The quantitative estimate of drug-likeness (QED) is 0.832. The molecule has 18 heavy (non-hydrogen) atoms. The zero-order valence-electron chi connectivity index (χ0n) is 11.5. The van der Waals surface area contributed by atoms with Crippen molar-refractivity contribution in [2.45, 2.75) is 58.5 Å². The molecular formula is C16H24ClN. The van der Waals surface area contributed by atoms with E-state index in [0.29, 0.717) is 6.04 Å². The summed E-state index contributed by atoms with van der Waals surface area (Å²) in [6.07, 6.45) is 6.82. The molecule has 1 N–H and O–H groups in total. The summed E-state index contributed by atoms with van der Waals surface area (Å²) in [7, 11) is 0. The first-order valence-electron chi connectivity index (χ1n) is 7.17. The van der Waals surface area contributed by atoms with Crippen LogP contribution in [0.15, 0.2) is 18.2 Å². The van der Waals surface area contributed by atoms with Crippen molar-refractivity contribution in [3.63, 3.8) is 0 Å². The third kappa shape index (κ3) is 3.73. The Hall–Kier alpha value is -0.530. The average Bonchev–Trinajstić information content (AvgIpc) is 2.38. The van der Waals surface area contributed by atoms with Crippen molar-refractivity contribution in [2.75, 3.05) is 0 Å². The lowest BCUT2D eigenvalue weighted by Crippen LogP contribution is -2.32. The van der Waals surface area contributed by atoms with Gasteiger partial charge in [0, 0.05) is 17.6 Å². The summed E-state index contributed by atoms with van der Waals surface area (Å²) in [5.74, 6) is 0.973. The van der Waals surface area contributed by atoms with Gasteiger partial charge in [0.25, 0.3) is 0 Å². The van der Waals surface area contributed by atoms with E-state index in [2.05, 4.69) is 25.2 Å². The molecule has 2 heteroatoms. The fourth-order valence-electron chi connectivity index (χ4n) is 2.89. The molecule has 0 radical (unpaired) electrons. The largest absolute Gasteiger partial charge is 0.310 e. The lowest BCUT2D eigenvalue weighted by Gasteiger charge is -2.28. The maximum Gasteiger partial charge on any atom is 0.0408 e. The van der Waals surface area contributed by atoms with Gasteiger partial charge >= 0.3 is 0 Å². The molecule has 0 unspecified atom stereocenters. The van der Waals surface area contributed by atoms with Crippen molar-refractivity contribution in [2.24, 2.45) is 5.92 Å². The first-order chi connectivity index (χ1) is 8.69. The van der Waals surface area contributed by atoms with Gasteiger partial charge in [0.1, 0.15) is 0 Å². The maximum atomic E-state index is 5.98. The van der Waals surface area contributed by atoms with Crippen molar-refractivity contribution in [1.82, 2.24) is 5.32 Å². The molecule has 1 aromatic rings. The summed E-state index contributed by atoms with van der Waals surface area (Å²) >= 11 is 5.98. The molecule has 0 aromatic heterocycles. The number of hydrogen-bond donors (Lipinski definition) is 1. The molecule has 0 amide bonds. The Labute approximate surface area is 116 Å². The lowest BCUT2D eigenvalue weighted by molar-refractivity contribution is 0.285. The van der Waals surface area contributed by atoms with E-state index in [1.165, 1.54) is 43.2 Å². The summed E-state index contributed by atoms with van der Waals surface area (Å²) in [5, 5.41) is 4.53. The highest BCUT2D eigenvalue weighted by Crippen LogP contribution is 2.26. The second-order valence-electron chi connectivity index (χ2n) is 5.58. The molecule has 1 aliphatic rings. The molecule has 100 valence electrons. The van der Waals surface area contributed by atoms with Crippen molar-refractivity contribution >= 4 is 11.6 Å². The van der Waals surface area contributed by atoms with Crippen LogP contribution in [0, 0.1) is 12.8 Å². The van der Waals surface area contributed by atoms with Crippen molar-refractivity contribution in [3.05, 3.63) is 34.3 Å². The van der Waals surface area contributed by atoms with Crippen LogP contribution in [0.2, 0.25) is 5.02 Å². The van der Waals surface area contributed by atoms with Gasteiger partial charge in [-0.1, -0.05) is 31.0 Å². The number of hydrogen-bond acceptors (Lipinski definition) is 1. The second-order valence-corrected chi connectivity index (χ2v) is 6.01. The van der Waals surface area contributed by atoms with Gasteiger partial charge < -0.3 is 5.32 Å². The minimum atomic E-state index is 0.711. The third-order valence-electron chi connectivity index (χ3n) is 4.31. The van der Waals surface area contributed by atoms with Gasteiger partial charge in [-0.15, -0.1) is 0 Å². The van der Waals surface area contributed by atoms with E-state index >= 15 is 0 Å². The summed E-state index contributed by atoms with van der Waals surface area (Å²) in [5.41, 5.74) is 2.66. The number of halogens is 1. The van der Waals surface area contributed by atoms with Gasteiger partial charge in [0.05, 0.1) is 0 Å². The first kappa shape index (κ1) is 13.9. The molecule has 1 aliphatic carbocycles. The first-order valence-corrected chi connectivity index (χ1v) is 7.55. The van der Waals surface area contributed by atoms with Crippen LogP contribution in [0.3, 0.4) is 0 Å². The Morgan fingerprint density at radius 3 is 2.56 bits per heavy atom. The minimum absolute atomic E-state index is 0.711. The Kier molecular flexibility index (Phi) is 5.08. The fourth-order valence-corrected chi connectivity index (χ4v) is 3.11. The fraction of sp³-hybridized carbons (Fsp3) is 0.625. The molecule has 2 rings (SSSR count). The number of benzene rings is 1. The average molecular weight is 266 g/mol. The van der Waals surface area contributed by atoms with Gasteiger partial charge in [-0.2, -0.15) is 0 Å². The smallest absolute Gasteiger partial charge is 0.0408 e. The number of aryl methyl sites for hydroxylation is 1. The van der Waals surface area contributed by atoms with Gasteiger partial charge in [-0.05, 0) is 61.8 Å². The van der Waals surface area contributed by atoms with E-state index in [0.717, 1.165) is 17.5 Å². The molecule has 1 aromatic carbocycles. The van der Waals surface area contributed by atoms with E-state index in [9.17, 15) is 0 Å². The summed E-state index contributed by atoms with van der Waals surface area (Å²) < 4.78 is 0. The highest BCUT2D eigenvalue weighted by Gasteiger charge is 2.19. The third-order valence-corrected chi connectivity index (χ3v) is 4.55. The predicted molar refractivity (Wildman–Crippen MR) is 79.1 cm³/mol. The van der Waals surface area contributed by atoms with Crippen LogP contribution in [0.5, 0.6) is 0 Å². The molecule has 0 saturated heterocycles. The monoisotopic (exact) mass is 265 g/mol. The number of nitrogens with one attached hydrogen (secondary N) is 1. The Morgan fingerprint density at radius 2 is 1.94 bits per heavy atom. The standard InChI is InChI=1S/C16H24ClN/c1-3-13-4-8-16(9-5-13)18-11-14-6-7-15(17)10-12(14)2/h6-7,10,13,16,18H,3-5,8-9,11H2,1-2H3. The van der Waals surface area contributed by atoms with Crippen LogP contribution in [-0.4, -0.2) is 6.04 Å². The van der Waals surface area contributed by atoms with Crippen LogP contribution in [-0.2, 0) is 6.54 Å². The molecule has 0 bridgehead atoms. The summed E-state index contributed by atoms with van der Waals surface area (Å²) in [6.45, 7) is 5.43. The van der Waals surface area contributed by atoms with Crippen LogP contribution >= 0.6 is 11.6 Å². The van der Waals surface area contributed by atoms with E-state index in [1.807, 2.05) is 12.1 Å². The van der Waals surface area contributed by atoms with E-state index in [4.69, 9.17) is 11.6 Å². The highest BCUT2D eigenvalue weighted by molar-refractivity contribution is 6.30. The lowest BCUT2D eigenvalue weighted by atomic mass is 9.84. The predicted octanol–water partition coefficient (Wildman–Crippen LogP) is 4.71. The van der Waals surface area contributed by atoms with Crippen molar-refractivity contribution in [1.29, 1.82) is 0 Å².